The zero-order chi connectivity index (χ0) is 19.6. The number of hydrogen-bond donors (Lipinski definition) is 1. The van der Waals surface area contributed by atoms with Crippen molar-refractivity contribution in [3.63, 3.8) is 0 Å². The third-order valence-electron chi connectivity index (χ3n) is 5.58. The molecule has 0 atom stereocenters. The molecule has 0 amide bonds. The Balaban J connectivity index is 1.96. The molecular weight excluding hydrogens is 353 g/mol. The van der Waals surface area contributed by atoms with Gasteiger partial charge in [0.2, 0.25) is 0 Å². The van der Waals surface area contributed by atoms with Gasteiger partial charge in [0, 0.05) is 0 Å². The normalized spacial score (nSPS) is 19.9. The molecule has 0 unspecified atom stereocenters. The first-order valence-corrected chi connectivity index (χ1v) is 9.42. The van der Waals surface area contributed by atoms with Crippen LogP contribution in [-0.4, -0.2) is 11.1 Å². The highest BCUT2D eigenvalue weighted by Gasteiger charge is 2.24. The summed E-state index contributed by atoms with van der Waals surface area (Å²) in [5.74, 6) is -4.35. The largest absolute Gasteiger partial charge is 0.478 e. The van der Waals surface area contributed by atoms with Crippen LogP contribution in [-0.2, 0) is 0 Å². The van der Waals surface area contributed by atoms with E-state index in [9.17, 15) is 23.1 Å². The third kappa shape index (κ3) is 4.18. The molecule has 0 bridgehead atoms. The molecule has 2 aromatic carbocycles. The number of aromatic carboxylic acids is 1. The monoisotopic (exact) mass is 376 g/mol. The number of carbonyl (C=O) groups is 1. The Morgan fingerprint density at radius 2 is 1.67 bits per heavy atom. The maximum Gasteiger partial charge on any atom is 0.336 e. The van der Waals surface area contributed by atoms with E-state index in [1.54, 1.807) is 12.1 Å². The molecule has 0 saturated heterocycles. The van der Waals surface area contributed by atoms with E-state index in [1.165, 1.54) is 18.9 Å². The first-order valence-electron chi connectivity index (χ1n) is 9.42. The van der Waals surface area contributed by atoms with Crippen molar-refractivity contribution in [1.82, 2.24) is 0 Å². The van der Waals surface area contributed by atoms with Gasteiger partial charge in [0.25, 0.3) is 0 Å². The molecule has 1 saturated carbocycles. The van der Waals surface area contributed by atoms with Crippen molar-refractivity contribution in [3.05, 3.63) is 58.9 Å². The highest BCUT2D eigenvalue weighted by molar-refractivity contribution is 5.96. The molecule has 2 aromatic rings. The van der Waals surface area contributed by atoms with Gasteiger partial charge in [-0.2, -0.15) is 0 Å². The van der Waals surface area contributed by atoms with Crippen LogP contribution in [0.3, 0.4) is 0 Å². The summed E-state index contributed by atoms with van der Waals surface area (Å²) < 4.78 is 40.6. The molecule has 1 N–H and O–H groups in total. The smallest absolute Gasteiger partial charge is 0.336 e. The van der Waals surface area contributed by atoms with Gasteiger partial charge in [-0.05, 0) is 72.4 Å². The summed E-state index contributed by atoms with van der Waals surface area (Å²) >= 11 is 0. The van der Waals surface area contributed by atoms with E-state index in [-0.39, 0.29) is 16.7 Å². The molecular formula is C22H23F3O2. The highest BCUT2D eigenvalue weighted by Crippen LogP contribution is 2.39. The molecule has 0 radical (unpaired) electrons. The van der Waals surface area contributed by atoms with Gasteiger partial charge in [0.1, 0.15) is 0 Å². The van der Waals surface area contributed by atoms with Gasteiger partial charge in [-0.3, -0.25) is 0 Å². The zero-order valence-electron chi connectivity index (χ0n) is 15.3. The van der Waals surface area contributed by atoms with Gasteiger partial charge < -0.3 is 5.11 Å². The lowest BCUT2D eigenvalue weighted by Crippen LogP contribution is -2.13. The maximum atomic E-state index is 13.7. The van der Waals surface area contributed by atoms with Crippen LogP contribution in [0.5, 0.6) is 0 Å². The first-order chi connectivity index (χ1) is 12.9. The Morgan fingerprint density at radius 1 is 1.04 bits per heavy atom. The predicted octanol–water partition coefficient (Wildman–Crippen LogP) is 6.54. The van der Waals surface area contributed by atoms with E-state index in [2.05, 4.69) is 6.92 Å². The molecule has 1 aliphatic carbocycles. The van der Waals surface area contributed by atoms with E-state index in [1.807, 2.05) is 0 Å². The average Bonchev–Trinajstić information content (AvgIpc) is 2.66. The third-order valence-corrected chi connectivity index (χ3v) is 5.58. The van der Waals surface area contributed by atoms with Gasteiger partial charge in [-0.1, -0.05) is 31.9 Å². The molecule has 27 heavy (non-hydrogen) atoms. The molecule has 2 nitrogen and oxygen atoms in total. The number of benzene rings is 2. The zero-order valence-corrected chi connectivity index (χ0v) is 15.3. The molecule has 3 rings (SSSR count). The summed E-state index contributed by atoms with van der Waals surface area (Å²) in [5.41, 5.74) is 1.16. The fraction of sp³-hybridized carbons (Fsp3) is 0.409. The van der Waals surface area contributed by atoms with Crippen molar-refractivity contribution in [2.24, 2.45) is 5.92 Å². The van der Waals surface area contributed by atoms with Crippen LogP contribution < -0.4 is 0 Å². The fourth-order valence-electron chi connectivity index (χ4n) is 4.14. The van der Waals surface area contributed by atoms with Gasteiger partial charge in [-0.25, -0.2) is 18.0 Å². The van der Waals surface area contributed by atoms with Crippen LogP contribution in [0.4, 0.5) is 13.2 Å². The summed E-state index contributed by atoms with van der Waals surface area (Å²) in [6, 6.07) is 6.66. The van der Waals surface area contributed by atoms with Gasteiger partial charge in [0.05, 0.1) is 5.56 Å². The standard InChI is InChI=1S/C22H23F3O2/c1-2-3-13-4-6-14(7-5-13)15-8-9-17(22(26)27)18(10-15)16-11-19(23)21(25)20(24)12-16/h8-14H,2-7H2,1H3,(H,26,27)/t13-,14-. The Labute approximate surface area is 157 Å². The molecule has 1 aliphatic rings. The topological polar surface area (TPSA) is 37.3 Å². The molecule has 144 valence electrons. The molecule has 0 heterocycles. The Hall–Kier alpha value is -2.30. The number of hydrogen-bond acceptors (Lipinski definition) is 1. The lowest BCUT2D eigenvalue weighted by atomic mass is 9.76. The van der Waals surface area contributed by atoms with Crippen LogP contribution in [0.2, 0.25) is 0 Å². The van der Waals surface area contributed by atoms with Crippen LogP contribution in [0, 0.1) is 23.4 Å². The maximum absolute atomic E-state index is 13.7. The van der Waals surface area contributed by atoms with Crippen LogP contribution in [0.25, 0.3) is 11.1 Å². The summed E-state index contributed by atoms with van der Waals surface area (Å²) in [7, 11) is 0. The second kappa shape index (κ2) is 8.15. The quantitative estimate of drug-likeness (QED) is 0.601. The molecule has 0 aliphatic heterocycles. The SMILES string of the molecule is CCC[C@H]1CC[C@H](c2ccc(C(=O)O)c(-c3cc(F)c(F)c(F)c3)c2)CC1. The predicted molar refractivity (Wildman–Crippen MR) is 98.3 cm³/mol. The Bertz CT molecular complexity index is 816. The highest BCUT2D eigenvalue weighted by atomic mass is 19.2. The second-order valence-corrected chi connectivity index (χ2v) is 7.37. The van der Waals surface area contributed by atoms with Crippen LogP contribution >= 0.6 is 0 Å². The van der Waals surface area contributed by atoms with E-state index < -0.39 is 23.4 Å². The minimum Gasteiger partial charge on any atom is -0.478 e. The lowest BCUT2D eigenvalue weighted by Gasteiger charge is -2.29. The number of halogens is 3. The van der Waals surface area contributed by atoms with E-state index in [4.69, 9.17) is 0 Å². The number of carboxylic acid groups (broad SMARTS) is 1. The fourth-order valence-corrected chi connectivity index (χ4v) is 4.14. The second-order valence-electron chi connectivity index (χ2n) is 7.37. The van der Waals surface area contributed by atoms with Crippen molar-refractivity contribution in [2.75, 3.05) is 0 Å². The summed E-state index contributed by atoms with van der Waals surface area (Å²) in [6.07, 6.45) is 6.70. The van der Waals surface area contributed by atoms with Gasteiger partial charge in [-0.15, -0.1) is 0 Å². The van der Waals surface area contributed by atoms with E-state index in [0.29, 0.717) is 5.92 Å². The molecule has 0 aromatic heterocycles. The van der Waals surface area contributed by atoms with E-state index >= 15 is 0 Å². The van der Waals surface area contributed by atoms with Crippen molar-refractivity contribution in [3.8, 4) is 11.1 Å². The Morgan fingerprint density at radius 3 is 2.22 bits per heavy atom. The van der Waals surface area contributed by atoms with Crippen molar-refractivity contribution >= 4 is 5.97 Å². The average molecular weight is 376 g/mol. The lowest BCUT2D eigenvalue weighted by molar-refractivity contribution is 0.0697. The molecule has 0 spiro atoms. The molecule has 5 heteroatoms. The first kappa shape index (κ1) is 19.5. The summed E-state index contributed by atoms with van der Waals surface area (Å²) in [6.45, 7) is 2.18. The van der Waals surface area contributed by atoms with Crippen molar-refractivity contribution in [1.29, 1.82) is 0 Å². The van der Waals surface area contributed by atoms with Gasteiger partial charge in [0.15, 0.2) is 17.5 Å². The van der Waals surface area contributed by atoms with Crippen molar-refractivity contribution in [2.45, 2.75) is 51.4 Å². The molecule has 1 fully saturated rings. The van der Waals surface area contributed by atoms with Crippen LogP contribution in [0.1, 0.15) is 67.3 Å². The minimum absolute atomic E-state index is 0.0327. The summed E-state index contributed by atoms with van der Waals surface area (Å²) in [4.78, 5) is 11.6. The van der Waals surface area contributed by atoms with Crippen molar-refractivity contribution < 1.29 is 23.1 Å². The van der Waals surface area contributed by atoms with Gasteiger partial charge >= 0.3 is 5.97 Å². The number of rotatable bonds is 5. The minimum atomic E-state index is -1.55. The Kier molecular flexibility index (Phi) is 5.88. The van der Waals surface area contributed by atoms with Crippen LogP contribution in [0.15, 0.2) is 30.3 Å². The van der Waals surface area contributed by atoms with E-state index in [0.717, 1.165) is 49.3 Å². The number of carboxylic acids is 1. The summed E-state index contributed by atoms with van der Waals surface area (Å²) in [5, 5.41) is 9.45.